The van der Waals surface area contributed by atoms with E-state index in [1.165, 1.54) is 6.07 Å². The van der Waals surface area contributed by atoms with Crippen LogP contribution in [0.4, 0.5) is 4.39 Å². The van der Waals surface area contributed by atoms with Crippen LogP contribution >= 0.6 is 24.0 Å². The summed E-state index contributed by atoms with van der Waals surface area (Å²) in [7, 11) is 3.63. The van der Waals surface area contributed by atoms with Gasteiger partial charge in [0.15, 0.2) is 5.96 Å². The highest BCUT2D eigenvalue weighted by Gasteiger charge is 2.06. The minimum atomic E-state index is -0.210. The van der Waals surface area contributed by atoms with E-state index in [4.69, 9.17) is 4.74 Å². The number of halogens is 2. The van der Waals surface area contributed by atoms with Crippen LogP contribution in [0.2, 0.25) is 0 Å². The molecule has 0 saturated heterocycles. The van der Waals surface area contributed by atoms with Crippen LogP contribution in [-0.4, -0.2) is 44.7 Å². The summed E-state index contributed by atoms with van der Waals surface area (Å²) in [5.74, 6) is 0.616. The van der Waals surface area contributed by atoms with Crippen LogP contribution in [-0.2, 0) is 11.3 Å². The molecule has 0 radical (unpaired) electrons. The van der Waals surface area contributed by atoms with Crippen molar-refractivity contribution in [1.82, 2.24) is 10.2 Å². The van der Waals surface area contributed by atoms with Gasteiger partial charge < -0.3 is 15.0 Å². The Hall–Kier alpha value is -0.890. The third-order valence-electron chi connectivity index (χ3n) is 2.77. The SMILES string of the molecule is CCNC(=NCCCOC)N(C)Cc1cccc(F)c1.I. The fourth-order valence-electron chi connectivity index (χ4n) is 1.85. The van der Waals surface area contributed by atoms with Gasteiger partial charge in [-0.2, -0.15) is 0 Å². The fraction of sp³-hybridized carbons (Fsp3) is 0.533. The zero-order valence-electron chi connectivity index (χ0n) is 12.9. The van der Waals surface area contributed by atoms with Gasteiger partial charge in [-0.15, -0.1) is 24.0 Å². The summed E-state index contributed by atoms with van der Waals surface area (Å²) >= 11 is 0. The topological polar surface area (TPSA) is 36.9 Å². The highest BCUT2D eigenvalue weighted by Crippen LogP contribution is 2.06. The van der Waals surface area contributed by atoms with Crippen molar-refractivity contribution in [3.05, 3.63) is 35.6 Å². The molecular weight excluding hydrogens is 384 g/mol. The summed E-state index contributed by atoms with van der Waals surface area (Å²) in [6.07, 6.45) is 0.888. The fourth-order valence-corrected chi connectivity index (χ4v) is 1.85. The van der Waals surface area contributed by atoms with Gasteiger partial charge in [-0.1, -0.05) is 12.1 Å². The van der Waals surface area contributed by atoms with Gasteiger partial charge in [0.05, 0.1) is 0 Å². The molecule has 1 N–H and O–H groups in total. The molecule has 0 fully saturated rings. The van der Waals surface area contributed by atoms with Crippen molar-refractivity contribution in [1.29, 1.82) is 0 Å². The predicted octanol–water partition coefficient (Wildman–Crippen LogP) is 2.88. The molecule has 0 heterocycles. The smallest absolute Gasteiger partial charge is 0.193 e. The van der Waals surface area contributed by atoms with E-state index in [1.54, 1.807) is 19.2 Å². The number of benzene rings is 1. The van der Waals surface area contributed by atoms with Gasteiger partial charge in [-0.25, -0.2) is 4.39 Å². The summed E-state index contributed by atoms with van der Waals surface area (Å²) in [5.41, 5.74) is 0.926. The molecule has 0 aliphatic heterocycles. The van der Waals surface area contributed by atoms with Crippen LogP contribution in [0, 0.1) is 5.82 Å². The molecular formula is C15H25FIN3O. The lowest BCUT2D eigenvalue weighted by Gasteiger charge is -2.22. The first-order chi connectivity index (χ1) is 9.67. The molecule has 0 aliphatic carbocycles. The first kappa shape index (κ1) is 20.1. The Kier molecular flexibility index (Phi) is 11.2. The molecule has 1 rings (SSSR count). The predicted molar refractivity (Wildman–Crippen MR) is 95.8 cm³/mol. The van der Waals surface area contributed by atoms with Crippen LogP contribution in [0.15, 0.2) is 29.3 Å². The van der Waals surface area contributed by atoms with Crippen LogP contribution in [0.5, 0.6) is 0 Å². The Morgan fingerprint density at radius 2 is 2.19 bits per heavy atom. The number of methoxy groups -OCH3 is 1. The van der Waals surface area contributed by atoms with Gasteiger partial charge in [0.2, 0.25) is 0 Å². The summed E-state index contributed by atoms with van der Waals surface area (Å²) in [6, 6.07) is 6.63. The Balaban J connectivity index is 0.00000400. The summed E-state index contributed by atoms with van der Waals surface area (Å²) < 4.78 is 18.2. The zero-order chi connectivity index (χ0) is 14.8. The average Bonchev–Trinajstić information content (AvgIpc) is 2.42. The average molecular weight is 409 g/mol. The second-order valence-corrected chi connectivity index (χ2v) is 4.57. The lowest BCUT2D eigenvalue weighted by atomic mass is 10.2. The minimum Gasteiger partial charge on any atom is -0.385 e. The lowest BCUT2D eigenvalue weighted by molar-refractivity contribution is 0.197. The molecule has 0 aromatic heterocycles. The lowest BCUT2D eigenvalue weighted by Crippen LogP contribution is -2.38. The van der Waals surface area contributed by atoms with Crippen LogP contribution in [0.1, 0.15) is 18.9 Å². The Labute approximate surface area is 143 Å². The number of ether oxygens (including phenoxy) is 1. The molecule has 4 nitrogen and oxygen atoms in total. The molecule has 0 saturated carbocycles. The summed E-state index contributed by atoms with van der Waals surface area (Å²) in [5, 5.41) is 3.24. The van der Waals surface area contributed by atoms with Gasteiger partial charge in [0, 0.05) is 40.4 Å². The molecule has 0 spiro atoms. The van der Waals surface area contributed by atoms with E-state index < -0.39 is 0 Å². The monoisotopic (exact) mass is 409 g/mol. The first-order valence-electron chi connectivity index (χ1n) is 6.90. The number of hydrogen-bond acceptors (Lipinski definition) is 2. The van der Waals surface area contributed by atoms with Gasteiger partial charge in [0.1, 0.15) is 5.82 Å². The van der Waals surface area contributed by atoms with Crippen molar-refractivity contribution in [3.8, 4) is 0 Å². The number of aliphatic imine (C=N–C) groups is 1. The van der Waals surface area contributed by atoms with Crippen molar-refractivity contribution in [3.63, 3.8) is 0 Å². The maximum absolute atomic E-state index is 13.2. The van der Waals surface area contributed by atoms with E-state index in [1.807, 2.05) is 24.9 Å². The van der Waals surface area contributed by atoms with E-state index in [2.05, 4.69) is 10.3 Å². The Morgan fingerprint density at radius 1 is 1.43 bits per heavy atom. The van der Waals surface area contributed by atoms with Crippen molar-refractivity contribution in [2.45, 2.75) is 19.9 Å². The number of guanidine groups is 1. The van der Waals surface area contributed by atoms with Crippen LogP contribution < -0.4 is 5.32 Å². The quantitative estimate of drug-likeness (QED) is 0.326. The van der Waals surface area contributed by atoms with Crippen LogP contribution in [0.25, 0.3) is 0 Å². The van der Waals surface area contributed by atoms with Crippen molar-refractivity contribution in [2.75, 3.05) is 33.9 Å². The molecule has 1 aromatic carbocycles. The first-order valence-corrected chi connectivity index (χ1v) is 6.90. The Morgan fingerprint density at radius 3 is 2.81 bits per heavy atom. The van der Waals surface area contributed by atoms with Gasteiger partial charge in [0.25, 0.3) is 0 Å². The summed E-state index contributed by atoms with van der Waals surface area (Å²) in [4.78, 5) is 6.52. The highest BCUT2D eigenvalue weighted by molar-refractivity contribution is 14.0. The number of rotatable bonds is 7. The highest BCUT2D eigenvalue weighted by atomic mass is 127. The maximum atomic E-state index is 13.2. The number of nitrogens with zero attached hydrogens (tertiary/aromatic N) is 2. The van der Waals surface area contributed by atoms with Crippen molar-refractivity contribution in [2.24, 2.45) is 4.99 Å². The molecule has 0 unspecified atom stereocenters. The van der Waals surface area contributed by atoms with E-state index in [-0.39, 0.29) is 29.8 Å². The molecule has 6 heteroatoms. The zero-order valence-corrected chi connectivity index (χ0v) is 15.3. The van der Waals surface area contributed by atoms with E-state index in [0.29, 0.717) is 19.7 Å². The van der Waals surface area contributed by atoms with Crippen molar-refractivity contribution >= 4 is 29.9 Å². The van der Waals surface area contributed by atoms with Crippen molar-refractivity contribution < 1.29 is 9.13 Å². The van der Waals surface area contributed by atoms with Crippen LogP contribution in [0.3, 0.4) is 0 Å². The second kappa shape index (κ2) is 11.7. The third-order valence-corrected chi connectivity index (χ3v) is 2.77. The standard InChI is InChI=1S/C15H24FN3O.HI/c1-4-17-15(18-9-6-10-20-3)19(2)12-13-7-5-8-14(16)11-13;/h5,7-8,11H,4,6,9-10,12H2,1-3H3,(H,17,18);1H. The molecule has 21 heavy (non-hydrogen) atoms. The normalized spacial score (nSPS) is 11.0. The number of nitrogens with one attached hydrogen (secondary N) is 1. The minimum absolute atomic E-state index is 0. The van der Waals surface area contributed by atoms with Gasteiger partial charge in [-0.05, 0) is 31.0 Å². The largest absolute Gasteiger partial charge is 0.385 e. The van der Waals surface area contributed by atoms with E-state index >= 15 is 0 Å². The molecule has 0 atom stereocenters. The molecule has 1 aromatic rings. The molecule has 0 aliphatic rings. The van der Waals surface area contributed by atoms with Gasteiger partial charge in [-0.3, -0.25) is 4.99 Å². The van der Waals surface area contributed by atoms with Gasteiger partial charge >= 0.3 is 0 Å². The second-order valence-electron chi connectivity index (χ2n) is 4.57. The number of hydrogen-bond donors (Lipinski definition) is 1. The molecule has 120 valence electrons. The molecule has 0 amide bonds. The summed E-state index contributed by atoms with van der Waals surface area (Å²) in [6.45, 7) is 4.87. The van der Waals surface area contributed by atoms with E-state index in [9.17, 15) is 4.39 Å². The van der Waals surface area contributed by atoms with E-state index in [0.717, 1.165) is 24.5 Å². The molecule has 0 bridgehead atoms. The Bertz CT molecular complexity index is 429. The maximum Gasteiger partial charge on any atom is 0.193 e. The third kappa shape index (κ3) is 8.21.